The number of nitrogens with one attached hydrogen (secondary N) is 7. The minimum atomic E-state index is -2.22. The second kappa shape index (κ2) is 28.6. The number of hydrogen-bond acceptors (Lipinski definition) is 16. The van der Waals surface area contributed by atoms with Crippen molar-refractivity contribution >= 4 is 83.1 Å². The smallest absolute Gasteiger partial charge is 0.326 e. The number of nitrogens with two attached hydrogens (primary N) is 1. The van der Waals surface area contributed by atoms with Gasteiger partial charge in [-0.3, -0.25) is 62.3 Å². The number of rotatable bonds is 32. The van der Waals surface area contributed by atoms with Crippen LogP contribution in [0.1, 0.15) is 95.6 Å². The number of hydrogen-bond donors (Lipinski definition) is 16. The van der Waals surface area contributed by atoms with Crippen molar-refractivity contribution in [2.24, 2.45) is 11.7 Å². The van der Waals surface area contributed by atoms with E-state index in [1.54, 1.807) is 0 Å². The van der Waals surface area contributed by atoms with Crippen LogP contribution in [0.15, 0.2) is 18.2 Å². The van der Waals surface area contributed by atoms with E-state index in [2.05, 4.69) is 26.6 Å². The summed E-state index contributed by atoms with van der Waals surface area (Å²) in [4.78, 5) is 178. The molecule has 0 bridgehead atoms. The predicted molar refractivity (Wildman–Crippen MR) is 245 cm³/mol. The van der Waals surface area contributed by atoms with Crippen LogP contribution in [-0.4, -0.2) is 172 Å². The molecule has 0 spiro atoms. The van der Waals surface area contributed by atoms with Gasteiger partial charge in [-0.1, -0.05) is 19.9 Å². The van der Waals surface area contributed by atoms with Crippen molar-refractivity contribution in [3.63, 3.8) is 0 Å². The number of fused-ring (bicyclic) bond motifs is 1. The van der Waals surface area contributed by atoms with Gasteiger partial charge < -0.3 is 83.8 Å². The Hall–Kier alpha value is -8.44. The summed E-state index contributed by atoms with van der Waals surface area (Å²) in [6.07, 6.45) is -9.06. The molecule has 408 valence electrons. The first-order chi connectivity index (χ1) is 34.4. The summed E-state index contributed by atoms with van der Waals surface area (Å²) in [6.45, 7) is 2.89. The number of aliphatic carboxylic acids is 7. The Labute approximate surface area is 419 Å². The van der Waals surface area contributed by atoms with Crippen molar-refractivity contribution in [3.8, 4) is 5.75 Å². The third-order valence-corrected chi connectivity index (χ3v) is 11.4. The van der Waals surface area contributed by atoms with E-state index in [1.165, 1.54) is 32.0 Å². The van der Waals surface area contributed by atoms with E-state index in [4.69, 9.17) is 10.8 Å². The molecule has 0 radical (unpaired) electrons. The molecule has 8 atom stereocenters. The molecule has 17 N–H and O–H groups in total. The molecule has 1 aliphatic carbocycles. The second-order valence-electron chi connectivity index (χ2n) is 17.6. The van der Waals surface area contributed by atoms with Crippen LogP contribution in [0.3, 0.4) is 0 Å². The summed E-state index contributed by atoms with van der Waals surface area (Å²) in [6, 6.07) is -9.09. The Morgan fingerprint density at radius 1 is 0.514 bits per heavy atom. The van der Waals surface area contributed by atoms with Crippen LogP contribution in [0.2, 0.25) is 0 Å². The zero-order valence-electron chi connectivity index (χ0n) is 39.9. The summed E-state index contributed by atoms with van der Waals surface area (Å²) >= 11 is 0. The van der Waals surface area contributed by atoms with Crippen LogP contribution in [0.4, 0.5) is 0 Å². The van der Waals surface area contributed by atoms with Crippen molar-refractivity contribution in [3.05, 3.63) is 29.3 Å². The van der Waals surface area contributed by atoms with Crippen molar-refractivity contribution in [1.29, 1.82) is 0 Å². The van der Waals surface area contributed by atoms with E-state index in [0.29, 0.717) is 11.1 Å². The molecule has 0 unspecified atom stereocenters. The molecular formula is C44H60N8O22. The Morgan fingerprint density at radius 2 is 0.919 bits per heavy atom. The van der Waals surface area contributed by atoms with Gasteiger partial charge in [-0.2, -0.15) is 0 Å². The molecule has 74 heavy (non-hydrogen) atoms. The highest BCUT2D eigenvalue weighted by molar-refractivity contribution is 6.00. The summed E-state index contributed by atoms with van der Waals surface area (Å²) in [7, 11) is 0. The molecule has 0 aliphatic heterocycles. The molecule has 0 heterocycles. The number of phenolic OH excluding ortho intramolecular Hbond substituents is 1. The van der Waals surface area contributed by atoms with Crippen molar-refractivity contribution in [1.82, 2.24) is 37.2 Å². The van der Waals surface area contributed by atoms with Gasteiger partial charge in [0.05, 0.1) is 18.9 Å². The highest BCUT2D eigenvalue weighted by atomic mass is 16.4. The Morgan fingerprint density at radius 3 is 1.36 bits per heavy atom. The van der Waals surface area contributed by atoms with Gasteiger partial charge in [-0.15, -0.1) is 0 Å². The number of carboxylic acid groups (broad SMARTS) is 7. The van der Waals surface area contributed by atoms with Crippen LogP contribution < -0.4 is 43.0 Å². The molecule has 1 aromatic rings. The SMILES string of the molecule is CC(C)[C@H](NC(=O)[C@H](CCC(=O)O)NC(=O)[C@H](CCC(=O)O)NC(=O)[C@]1(NC(=O)[C@H](CCC(=O)O)NC(=O)[C@H](CC(=O)O)NC(=O)[C@H](CC(=O)O)NC(=O)[C@@H](N)CCC(=O)O)CCc2cc(O)ccc2C1)C(=O)O. The topological polar surface area (TPSA) is 511 Å². The molecule has 7 amide bonds. The lowest BCUT2D eigenvalue weighted by atomic mass is 9.76. The molecule has 0 saturated carbocycles. The summed E-state index contributed by atoms with van der Waals surface area (Å²) in [5, 5.41) is 91.5. The normalized spacial score (nSPS) is 16.6. The van der Waals surface area contributed by atoms with Gasteiger partial charge in [0.25, 0.3) is 0 Å². The quantitative estimate of drug-likeness (QED) is 0.0328. The van der Waals surface area contributed by atoms with Crippen molar-refractivity contribution in [2.45, 2.75) is 145 Å². The van der Waals surface area contributed by atoms with Crippen molar-refractivity contribution in [2.75, 3.05) is 0 Å². The highest BCUT2D eigenvalue weighted by Gasteiger charge is 2.46. The number of carbonyl (C=O) groups is 14. The number of carbonyl (C=O) groups excluding carboxylic acids is 7. The monoisotopic (exact) mass is 1050 g/mol. The predicted octanol–water partition coefficient (Wildman–Crippen LogP) is -3.88. The summed E-state index contributed by atoms with van der Waals surface area (Å²) < 4.78 is 0. The molecule has 1 aromatic carbocycles. The van der Waals surface area contributed by atoms with Gasteiger partial charge in [0.15, 0.2) is 0 Å². The largest absolute Gasteiger partial charge is 0.508 e. The first-order valence-electron chi connectivity index (χ1n) is 22.7. The molecule has 2 rings (SSSR count). The van der Waals surface area contributed by atoms with E-state index in [9.17, 15) is 103 Å². The number of carboxylic acids is 7. The maximum absolute atomic E-state index is 14.7. The average Bonchev–Trinajstić information content (AvgIpc) is 3.29. The van der Waals surface area contributed by atoms with Crippen LogP contribution in [-0.2, 0) is 80.0 Å². The van der Waals surface area contributed by atoms with E-state index < -0.39 is 214 Å². The number of amides is 7. The molecule has 0 saturated heterocycles. The van der Waals surface area contributed by atoms with Crippen LogP contribution in [0, 0.1) is 5.92 Å². The average molecular weight is 1050 g/mol. The number of aromatic hydroxyl groups is 1. The summed E-state index contributed by atoms with van der Waals surface area (Å²) in [5.41, 5.74) is 4.20. The molecular weight excluding hydrogens is 993 g/mol. The first-order valence-corrected chi connectivity index (χ1v) is 22.7. The van der Waals surface area contributed by atoms with Gasteiger partial charge in [0, 0.05) is 32.1 Å². The Balaban J connectivity index is 2.62. The fourth-order valence-corrected chi connectivity index (χ4v) is 7.41. The molecule has 1 aliphatic rings. The van der Waals surface area contributed by atoms with Crippen LogP contribution in [0.5, 0.6) is 5.75 Å². The number of phenols is 1. The molecule has 30 heteroatoms. The third kappa shape index (κ3) is 20.4. The lowest BCUT2D eigenvalue weighted by molar-refractivity contribution is -0.144. The van der Waals surface area contributed by atoms with Crippen LogP contribution >= 0.6 is 0 Å². The second-order valence-corrected chi connectivity index (χ2v) is 17.6. The van der Waals surface area contributed by atoms with Crippen LogP contribution in [0.25, 0.3) is 0 Å². The molecule has 30 nitrogen and oxygen atoms in total. The lowest BCUT2D eigenvalue weighted by Crippen LogP contribution is -2.67. The van der Waals surface area contributed by atoms with Gasteiger partial charge >= 0.3 is 41.8 Å². The first kappa shape index (κ1) is 61.7. The van der Waals surface area contributed by atoms with E-state index >= 15 is 0 Å². The highest BCUT2D eigenvalue weighted by Crippen LogP contribution is 2.32. The summed E-state index contributed by atoms with van der Waals surface area (Å²) in [5.74, 6) is -20.8. The van der Waals surface area contributed by atoms with Gasteiger partial charge in [0.1, 0.15) is 47.5 Å². The Bertz CT molecular complexity index is 2340. The fraction of sp³-hybridized carbons (Fsp3) is 0.545. The molecule has 0 aromatic heterocycles. The zero-order valence-corrected chi connectivity index (χ0v) is 39.9. The number of aryl methyl sites for hydroxylation is 1. The van der Waals surface area contributed by atoms with E-state index in [0.717, 1.165) is 0 Å². The lowest BCUT2D eigenvalue weighted by Gasteiger charge is -2.39. The maximum atomic E-state index is 14.7. The standard InChI is InChI=1S/C44H60N8O22/c1-19(2)35(42(72)73)51-38(68)24(6-10-30(56)57)46-37(67)25(7-11-31(58)59)50-43(74)44(14-13-20-15-22(53)4-3-21(20)18-44)52-41(71)26(8-12-32(60)61)47-39(69)28(17-34(64)65)49-40(70)27(16-33(62)63)48-36(66)23(45)5-9-29(54)55/h3-4,15,19,23-28,35,53H,5-14,16-18,45H2,1-2H3,(H,46,67)(H,47,69)(H,48,66)(H,49,70)(H,50,74)(H,51,68)(H,52,71)(H,54,55)(H,56,57)(H,58,59)(H,60,61)(H,62,63)(H,64,65)(H,72,73)/t23-,24-,25-,26-,27-,28-,35-,44-/m0/s1. The minimum absolute atomic E-state index is 0.112. The Kier molecular flexibility index (Phi) is 23.8. The number of benzene rings is 1. The van der Waals surface area contributed by atoms with Gasteiger partial charge in [-0.25, -0.2) is 4.79 Å². The minimum Gasteiger partial charge on any atom is -0.508 e. The third-order valence-electron chi connectivity index (χ3n) is 11.4. The van der Waals surface area contributed by atoms with E-state index in [1.807, 2.05) is 10.6 Å². The van der Waals surface area contributed by atoms with Crippen molar-refractivity contribution < 1.29 is 108 Å². The molecule has 0 fully saturated rings. The van der Waals surface area contributed by atoms with E-state index in [-0.39, 0.29) is 12.2 Å². The van der Waals surface area contributed by atoms with Gasteiger partial charge in [0.2, 0.25) is 41.4 Å². The zero-order chi connectivity index (χ0) is 56.2. The van der Waals surface area contributed by atoms with Gasteiger partial charge in [-0.05, 0) is 67.7 Å². The fourth-order valence-electron chi connectivity index (χ4n) is 7.41. The maximum Gasteiger partial charge on any atom is 0.326 e.